The van der Waals surface area contributed by atoms with Gasteiger partial charge in [-0.1, -0.05) is 38.8 Å². The summed E-state index contributed by atoms with van der Waals surface area (Å²) in [6.07, 6.45) is 6.56. The van der Waals surface area contributed by atoms with Gasteiger partial charge in [-0.15, -0.1) is 0 Å². The van der Waals surface area contributed by atoms with Gasteiger partial charge < -0.3 is 15.5 Å². The van der Waals surface area contributed by atoms with Crippen molar-refractivity contribution in [1.82, 2.24) is 15.6 Å². The first-order valence-electron chi connectivity index (χ1n) is 11.1. The van der Waals surface area contributed by atoms with Crippen LogP contribution in [0.3, 0.4) is 0 Å². The van der Waals surface area contributed by atoms with Crippen LogP contribution < -0.4 is 15.5 Å². The van der Waals surface area contributed by atoms with E-state index in [0.29, 0.717) is 0 Å². The number of nitrogens with one attached hydrogen (secondary N) is 2. The third-order valence-electron chi connectivity index (χ3n) is 5.63. The average molecular weight is 445 g/mol. The number of carbonyl (C=O) groups is 2. The molecule has 0 bridgehead atoms. The Kier molecular flexibility index (Phi) is 8.14. The first kappa shape index (κ1) is 23.6. The normalized spacial score (nSPS) is 15.2. The Morgan fingerprint density at radius 2 is 1.69 bits per heavy atom. The van der Waals surface area contributed by atoms with E-state index in [0.717, 1.165) is 36.6 Å². The van der Waals surface area contributed by atoms with Crippen LogP contribution in [-0.4, -0.2) is 35.9 Å². The van der Waals surface area contributed by atoms with E-state index in [9.17, 15) is 18.4 Å². The van der Waals surface area contributed by atoms with Crippen molar-refractivity contribution in [2.75, 3.05) is 18.0 Å². The summed E-state index contributed by atoms with van der Waals surface area (Å²) in [6.45, 7) is 5.74. The highest BCUT2D eigenvalue weighted by atomic mass is 19.1. The van der Waals surface area contributed by atoms with Crippen LogP contribution in [0.15, 0.2) is 36.5 Å². The molecule has 0 saturated carbocycles. The van der Waals surface area contributed by atoms with Crippen molar-refractivity contribution in [1.29, 1.82) is 0 Å². The quantitative estimate of drug-likeness (QED) is 0.681. The van der Waals surface area contributed by atoms with Crippen molar-refractivity contribution in [3.63, 3.8) is 0 Å². The van der Waals surface area contributed by atoms with Crippen molar-refractivity contribution < 1.29 is 18.4 Å². The number of aromatic nitrogens is 1. The molecule has 1 aliphatic rings. The third kappa shape index (κ3) is 6.02. The minimum atomic E-state index is -0.971. The van der Waals surface area contributed by atoms with Gasteiger partial charge in [-0.05, 0) is 42.5 Å². The molecule has 0 spiro atoms. The molecule has 172 valence electrons. The maximum Gasteiger partial charge on any atom is 0.257 e. The van der Waals surface area contributed by atoms with E-state index >= 15 is 0 Å². The molecule has 3 rings (SSSR count). The highest BCUT2D eigenvalue weighted by Gasteiger charge is 2.27. The highest BCUT2D eigenvalue weighted by molar-refractivity contribution is 5.98. The lowest BCUT2D eigenvalue weighted by atomic mass is 10.0. The Morgan fingerprint density at radius 3 is 2.25 bits per heavy atom. The molecule has 32 heavy (non-hydrogen) atoms. The van der Waals surface area contributed by atoms with Gasteiger partial charge in [-0.3, -0.25) is 9.59 Å². The van der Waals surface area contributed by atoms with Gasteiger partial charge in [-0.2, -0.15) is 0 Å². The lowest BCUT2D eigenvalue weighted by Crippen LogP contribution is -2.49. The third-order valence-corrected chi connectivity index (χ3v) is 5.63. The van der Waals surface area contributed by atoms with Crippen LogP contribution in [0.2, 0.25) is 0 Å². The zero-order chi connectivity index (χ0) is 23.1. The summed E-state index contributed by atoms with van der Waals surface area (Å²) in [5.41, 5.74) is 0.130. The Bertz CT molecular complexity index is 906. The van der Waals surface area contributed by atoms with Crippen molar-refractivity contribution in [3.8, 4) is 0 Å². The number of hydrogen-bond donors (Lipinski definition) is 2. The van der Waals surface area contributed by atoms with Crippen LogP contribution in [0.5, 0.6) is 0 Å². The van der Waals surface area contributed by atoms with E-state index in [1.54, 1.807) is 20.0 Å². The molecule has 2 amide bonds. The molecular formula is C24H30F2N4O2. The number of amides is 2. The van der Waals surface area contributed by atoms with E-state index in [1.807, 2.05) is 12.1 Å². The van der Waals surface area contributed by atoms with Gasteiger partial charge in [0.2, 0.25) is 5.91 Å². The molecule has 1 fully saturated rings. The predicted octanol–water partition coefficient (Wildman–Crippen LogP) is 3.81. The molecule has 2 N–H and O–H groups in total. The van der Waals surface area contributed by atoms with Crippen molar-refractivity contribution >= 4 is 17.6 Å². The number of nitrogens with zero attached hydrogens (tertiary/aromatic N) is 2. The zero-order valence-corrected chi connectivity index (χ0v) is 18.5. The molecule has 1 atom stereocenters. The molecule has 2 aromatic rings. The molecule has 2 heterocycles. The van der Waals surface area contributed by atoms with Crippen LogP contribution in [0.25, 0.3) is 0 Å². The number of pyridine rings is 1. The van der Waals surface area contributed by atoms with E-state index in [-0.39, 0.29) is 12.5 Å². The summed E-state index contributed by atoms with van der Waals surface area (Å²) in [7, 11) is 0. The molecule has 8 heteroatoms. The first-order chi connectivity index (χ1) is 15.4. The highest BCUT2D eigenvalue weighted by Crippen LogP contribution is 2.18. The van der Waals surface area contributed by atoms with Gasteiger partial charge in [0.25, 0.3) is 5.91 Å². The molecule has 1 aromatic heterocycles. The number of hydrogen-bond acceptors (Lipinski definition) is 4. The topological polar surface area (TPSA) is 74.3 Å². The largest absolute Gasteiger partial charge is 0.357 e. The number of benzene rings is 1. The van der Waals surface area contributed by atoms with Gasteiger partial charge in [0.15, 0.2) is 0 Å². The molecule has 1 aliphatic heterocycles. The Labute approximate surface area is 187 Å². The smallest absolute Gasteiger partial charge is 0.257 e. The van der Waals surface area contributed by atoms with Gasteiger partial charge in [0.05, 0.1) is 0 Å². The molecule has 1 aromatic carbocycles. The van der Waals surface area contributed by atoms with Crippen molar-refractivity contribution in [2.24, 2.45) is 5.92 Å². The van der Waals surface area contributed by atoms with E-state index in [1.165, 1.54) is 31.7 Å². The molecule has 1 unspecified atom stereocenters. The fourth-order valence-electron chi connectivity index (χ4n) is 3.77. The van der Waals surface area contributed by atoms with Crippen molar-refractivity contribution in [2.45, 2.75) is 52.1 Å². The van der Waals surface area contributed by atoms with Gasteiger partial charge in [0, 0.05) is 25.8 Å². The van der Waals surface area contributed by atoms with Crippen LogP contribution in [0, 0.1) is 17.6 Å². The maximum absolute atomic E-state index is 13.9. The van der Waals surface area contributed by atoms with Gasteiger partial charge >= 0.3 is 0 Å². The molecular weight excluding hydrogens is 414 g/mol. The molecule has 6 nitrogen and oxygen atoms in total. The van der Waals surface area contributed by atoms with Gasteiger partial charge in [0.1, 0.15) is 29.1 Å². The molecule has 1 saturated heterocycles. The summed E-state index contributed by atoms with van der Waals surface area (Å²) in [4.78, 5) is 31.9. The summed E-state index contributed by atoms with van der Waals surface area (Å²) in [5, 5.41) is 5.24. The summed E-state index contributed by atoms with van der Waals surface area (Å²) < 4.78 is 27.8. The second kappa shape index (κ2) is 11.0. The van der Waals surface area contributed by atoms with Crippen LogP contribution >= 0.6 is 0 Å². The first-order valence-corrected chi connectivity index (χ1v) is 11.1. The average Bonchev–Trinajstić information content (AvgIpc) is 3.05. The van der Waals surface area contributed by atoms with Crippen LogP contribution in [-0.2, 0) is 11.3 Å². The number of anilines is 1. The molecule has 0 radical (unpaired) electrons. The summed E-state index contributed by atoms with van der Waals surface area (Å²) in [6, 6.07) is 6.13. The van der Waals surface area contributed by atoms with Crippen molar-refractivity contribution in [3.05, 3.63) is 59.3 Å². The standard InChI is InChI=1S/C24H30F2N4O2/c1-16(2)22(29-23(31)21-18(25)8-7-9-19(21)26)24(32)28-15-17-10-11-20(27-14-17)30-12-5-3-4-6-13-30/h7-11,14,16,22H,3-6,12-13,15H2,1-2H3,(H,28,32)(H,29,31). The predicted molar refractivity (Wildman–Crippen MR) is 119 cm³/mol. The Hall–Kier alpha value is -3.03. The summed E-state index contributed by atoms with van der Waals surface area (Å²) in [5.74, 6) is -2.68. The minimum absolute atomic E-state index is 0.235. The number of carbonyl (C=O) groups excluding carboxylic acids is 2. The van der Waals surface area contributed by atoms with Gasteiger partial charge in [-0.25, -0.2) is 13.8 Å². The van der Waals surface area contributed by atoms with Crippen LogP contribution in [0.1, 0.15) is 55.5 Å². The zero-order valence-electron chi connectivity index (χ0n) is 18.5. The second-order valence-electron chi connectivity index (χ2n) is 8.44. The maximum atomic E-state index is 13.9. The fourth-order valence-corrected chi connectivity index (χ4v) is 3.77. The van der Waals surface area contributed by atoms with E-state index in [2.05, 4.69) is 20.5 Å². The SMILES string of the molecule is CC(C)C(NC(=O)c1c(F)cccc1F)C(=O)NCc1ccc(N2CCCCCC2)nc1. The summed E-state index contributed by atoms with van der Waals surface area (Å²) >= 11 is 0. The minimum Gasteiger partial charge on any atom is -0.357 e. The number of rotatable bonds is 7. The van der Waals surface area contributed by atoms with E-state index in [4.69, 9.17) is 0 Å². The Morgan fingerprint density at radius 1 is 1.03 bits per heavy atom. The second-order valence-corrected chi connectivity index (χ2v) is 8.44. The Balaban J connectivity index is 1.59. The molecule has 0 aliphatic carbocycles. The lowest BCUT2D eigenvalue weighted by molar-refractivity contribution is -0.124. The lowest BCUT2D eigenvalue weighted by Gasteiger charge is -2.23. The van der Waals surface area contributed by atoms with Crippen LogP contribution in [0.4, 0.5) is 14.6 Å². The number of halogens is 2. The monoisotopic (exact) mass is 444 g/mol. The van der Waals surface area contributed by atoms with E-state index < -0.39 is 35.1 Å². The fraction of sp³-hybridized carbons (Fsp3) is 0.458.